The molecule has 4 nitrogen and oxygen atoms in total. The molecular weight excluding hydrogens is 190 g/mol. The molecule has 4 N–H and O–H groups in total. The van der Waals surface area contributed by atoms with E-state index in [0.717, 1.165) is 11.9 Å². The third-order valence-electron chi connectivity index (χ3n) is 2.37. The lowest BCUT2D eigenvalue weighted by Gasteiger charge is -2.00. The molecule has 0 fully saturated rings. The number of H-pyrrole nitrogens is 1. The monoisotopic (exact) mass is 203 g/mol. The van der Waals surface area contributed by atoms with Crippen LogP contribution in [0.5, 0.6) is 0 Å². The van der Waals surface area contributed by atoms with E-state index in [1.165, 1.54) is 10.9 Å². The van der Waals surface area contributed by atoms with Crippen molar-refractivity contribution in [3.8, 4) is 0 Å². The van der Waals surface area contributed by atoms with Gasteiger partial charge in [-0.1, -0.05) is 18.2 Å². The van der Waals surface area contributed by atoms with Gasteiger partial charge in [-0.25, -0.2) is 4.79 Å². The van der Waals surface area contributed by atoms with Gasteiger partial charge in [0.2, 0.25) is 0 Å². The van der Waals surface area contributed by atoms with Crippen molar-refractivity contribution in [2.24, 2.45) is 5.73 Å². The van der Waals surface area contributed by atoms with Crippen molar-refractivity contribution < 1.29 is 4.79 Å². The summed E-state index contributed by atoms with van der Waals surface area (Å²) in [4.78, 5) is 13.7. The minimum Gasteiger partial charge on any atom is -0.361 e. The number of primary amides is 1. The average molecular weight is 203 g/mol. The maximum atomic E-state index is 10.5. The number of para-hydroxylation sites is 1. The first-order valence-corrected chi connectivity index (χ1v) is 4.85. The van der Waals surface area contributed by atoms with Crippen LogP contribution in [0.25, 0.3) is 10.9 Å². The summed E-state index contributed by atoms with van der Waals surface area (Å²) in [6.07, 6.45) is 2.75. The van der Waals surface area contributed by atoms with Crippen LogP contribution in [0.3, 0.4) is 0 Å². The van der Waals surface area contributed by atoms with Crippen LogP contribution in [0.4, 0.5) is 4.79 Å². The molecule has 2 amide bonds. The highest BCUT2D eigenvalue weighted by Gasteiger charge is 2.02. The number of carbonyl (C=O) groups is 1. The first-order chi connectivity index (χ1) is 7.27. The molecule has 0 atom stereocenters. The van der Waals surface area contributed by atoms with Gasteiger partial charge in [0.1, 0.15) is 0 Å². The van der Waals surface area contributed by atoms with Crippen LogP contribution < -0.4 is 11.1 Å². The van der Waals surface area contributed by atoms with Crippen molar-refractivity contribution in [2.45, 2.75) is 6.42 Å². The van der Waals surface area contributed by atoms with Crippen LogP contribution in [0.15, 0.2) is 30.5 Å². The summed E-state index contributed by atoms with van der Waals surface area (Å²) in [5, 5.41) is 3.77. The van der Waals surface area contributed by atoms with Gasteiger partial charge in [0.15, 0.2) is 0 Å². The van der Waals surface area contributed by atoms with E-state index in [1.54, 1.807) is 0 Å². The average Bonchev–Trinajstić information content (AvgIpc) is 2.62. The molecule has 2 rings (SSSR count). The van der Waals surface area contributed by atoms with Crippen molar-refractivity contribution >= 4 is 16.9 Å². The molecule has 0 saturated heterocycles. The number of benzene rings is 1. The summed E-state index contributed by atoms with van der Waals surface area (Å²) >= 11 is 0. The predicted octanol–water partition coefficient (Wildman–Crippen LogP) is 1.38. The van der Waals surface area contributed by atoms with Gasteiger partial charge in [0.05, 0.1) is 0 Å². The Bertz CT molecular complexity index is 475. The third-order valence-corrected chi connectivity index (χ3v) is 2.37. The maximum absolute atomic E-state index is 10.5. The van der Waals surface area contributed by atoms with Gasteiger partial charge in [0.25, 0.3) is 0 Å². The number of hydrogen-bond acceptors (Lipinski definition) is 1. The molecule has 4 heteroatoms. The number of aromatic amines is 1. The molecule has 0 bridgehead atoms. The standard InChI is InChI=1S/C11H13N3O/c12-11(15)13-6-5-8-7-14-10-4-2-1-3-9(8)10/h1-4,7,14H,5-6H2,(H3,12,13,15). The first kappa shape index (κ1) is 9.58. The first-order valence-electron chi connectivity index (χ1n) is 4.85. The number of nitrogens with two attached hydrogens (primary N) is 1. The van der Waals surface area contributed by atoms with Gasteiger partial charge in [-0.05, 0) is 18.1 Å². The molecule has 15 heavy (non-hydrogen) atoms. The zero-order valence-electron chi connectivity index (χ0n) is 8.29. The molecule has 1 aromatic heterocycles. The van der Waals surface area contributed by atoms with Crippen LogP contribution in [-0.4, -0.2) is 17.6 Å². The fourth-order valence-corrected chi connectivity index (χ4v) is 1.66. The number of hydrogen-bond donors (Lipinski definition) is 3. The second-order valence-electron chi connectivity index (χ2n) is 3.40. The topological polar surface area (TPSA) is 70.9 Å². The lowest BCUT2D eigenvalue weighted by molar-refractivity contribution is 0.249. The second kappa shape index (κ2) is 4.04. The zero-order valence-corrected chi connectivity index (χ0v) is 8.29. The van der Waals surface area contributed by atoms with Crippen molar-refractivity contribution in [3.63, 3.8) is 0 Å². The van der Waals surface area contributed by atoms with Crippen molar-refractivity contribution in [2.75, 3.05) is 6.54 Å². The molecule has 0 aliphatic rings. The quantitative estimate of drug-likeness (QED) is 0.692. The van der Waals surface area contributed by atoms with Gasteiger partial charge in [-0.3, -0.25) is 0 Å². The Morgan fingerprint density at radius 1 is 1.40 bits per heavy atom. The largest absolute Gasteiger partial charge is 0.361 e. The molecule has 0 aliphatic carbocycles. The Morgan fingerprint density at radius 3 is 3.00 bits per heavy atom. The van der Waals surface area contributed by atoms with Crippen molar-refractivity contribution in [1.29, 1.82) is 0 Å². The Morgan fingerprint density at radius 2 is 2.20 bits per heavy atom. The highest BCUT2D eigenvalue weighted by molar-refractivity contribution is 5.83. The van der Waals surface area contributed by atoms with Crippen molar-refractivity contribution in [3.05, 3.63) is 36.0 Å². The van der Waals surface area contributed by atoms with E-state index in [9.17, 15) is 4.79 Å². The fourth-order valence-electron chi connectivity index (χ4n) is 1.66. The van der Waals surface area contributed by atoms with Crippen molar-refractivity contribution in [1.82, 2.24) is 10.3 Å². The third kappa shape index (κ3) is 2.10. The summed E-state index contributed by atoms with van der Waals surface area (Å²) in [6.45, 7) is 0.567. The van der Waals surface area contributed by atoms with Gasteiger partial charge in [-0.2, -0.15) is 0 Å². The Balaban J connectivity index is 2.11. The van der Waals surface area contributed by atoms with Gasteiger partial charge < -0.3 is 16.0 Å². The molecule has 1 heterocycles. The van der Waals surface area contributed by atoms with Crippen LogP contribution in [-0.2, 0) is 6.42 Å². The number of aromatic nitrogens is 1. The number of amides is 2. The van der Waals surface area contributed by atoms with E-state index in [-0.39, 0.29) is 0 Å². The highest BCUT2D eigenvalue weighted by atomic mass is 16.2. The van der Waals surface area contributed by atoms with Crippen LogP contribution >= 0.6 is 0 Å². The lowest BCUT2D eigenvalue weighted by atomic mass is 10.1. The molecule has 0 aliphatic heterocycles. The van der Waals surface area contributed by atoms with Crippen LogP contribution in [0.2, 0.25) is 0 Å². The lowest BCUT2D eigenvalue weighted by Crippen LogP contribution is -2.30. The number of nitrogens with one attached hydrogen (secondary N) is 2. The Labute approximate surface area is 87.5 Å². The smallest absolute Gasteiger partial charge is 0.312 e. The summed E-state index contributed by atoms with van der Waals surface area (Å²) in [7, 11) is 0. The van der Waals surface area contributed by atoms with Gasteiger partial charge >= 0.3 is 6.03 Å². The summed E-state index contributed by atoms with van der Waals surface area (Å²) in [5.41, 5.74) is 7.30. The Kier molecular flexibility index (Phi) is 2.58. The fraction of sp³-hybridized carbons (Fsp3) is 0.182. The summed E-state index contributed by atoms with van der Waals surface area (Å²) < 4.78 is 0. The van der Waals surface area contributed by atoms with E-state index in [1.807, 2.05) is 24.4 Å². The SMILES string of the molecule is NC(=O)NCCc1c[nH]c2ccccc12. The highest BCUT2D eigenvalue weighted by Crippen LogP contribution is 2.17. The normalized spacial score (nSPS) is 10.4. The van der Waals surface area contributed by atoms with Gasteiger partial charge in [0, 0.05) is 23.6 Å². The molecule has 0 spiro atoms. The van der Waals surface area contributed by atoms with E-state index in [4.69, 9.17) is 5.73 Å². The molecule has 1 aromatic carbocycles. The second-order valence-corrected chi connectivity index (χ2v) is 3.40. The molecule has 0 unspecified atom stereocenters. The van der Waals surface area contributed by atoms with Crippen LogP contribution in [0, 0.1) is 0 Å². The summed E-state index contributed by atoms with van der Waals surface area (Å²) in [6, 6.07) is 7.60. The minimum absolute atomic E-state index is 0.477. The van der Waals surface area contributed by atoms with Gasteiger partial charge in [-0.15, -0.1) is 0 Å². The molecule has 0 radical (unpaired) electrons. The molecule has 0 saturated carbocycles. The Hall–Kier alpha value is -1.97. The molecule has 78 valence electrons. The van der Waals surface area contributed by atoms with E-state index >= 15 is 0 Å². The maximum Gasteiger partial charge on any atom is 0.312 e. The summed E-state index contributed by atoms with van der Waals surface area (Å²) in [5.74, 6) is 0. The number of carbonyl (C=O) groups excluding carboxylic acids is 1. The minimum atomic E-state index is -0.477. The van der Waals surface area contributed by atoms with E-state index < -0.39 is 6.03 Å². The number of urea groups is 1. The number of fused-ring (bicyclic) bond motifs is 1. The zero-order chi connectivity index (χ0) is 10.7. The molecule has 2 aromatic rings. The van der Waals surface area contributed by atoms with E-state index in [0.29, 0.717) is 6.54 Å². The molecular formula is C11H13N3O. The number of rotatable bonds is 3. The van der Waals surface area contributed by atoms with E-state index in [2.05, 4.69) is 16.4 Å². The predicted molar refractivity (Wildman–Crippen MR) is 59.6 cm³/mol. The van der Waals surface area contributed by atoms with Crippen LogP contribution in [0.1, 0.15) is 5.56 Å².